The van der Waals surface area contributed by atoms with Gasteiger partial charge in [0.25, 0.3) is 0 Å². The van der Waals surface area contributed by atoms with Crippen molar-refractivity contribution in [2.75, 3.05) is 14.2 Å². The molecule has 2 N–H and O–H groups in total. The van der Waals surface area contributed by atoms with E-state index >= 15 is 0 Å². The van der Waals surface area contributed by atoms with E-state index in [2.05, 4.69) is 0 Å². The van der Waals surface area contributed by atoms with Crippen LogP contribution in [0.15, 0.2) is 54.2 Å². The van der Waals surface area contributed by atoms with Gasteiger partial charge < -0.3 is 19.7 Å². The largest absolute Gasteiger partial charge is 0.507 e. The predicted molar refractivity (Wildman–Crippen MR) is 78.2 cm³/mol. The van der Waals surface area contributed by atoms with E-state index in [9.17, 15) is 10.2 Å². The molecule has 1 aromatic rings. The number of benzene rings is 1. The summed E-state index contributed by atoms with van der Waals surface area (Å²) in [5, 5.41) is 20.1. The second kappa shape index (κ2) is 6.02. The SMILES string of the molecule is COc1cc(O)c(/C(O)=C/C=C2C=CC=C2)c(OC)c1. The molecule has 0 fully saturated rings. The Morgan fingerprint density at radius 3 is 2.40 bits per heavy atom. The van der Waals surface area contributed by atoms with Crippen molar-refractivity contribution in [3.63, 3.8) is 0 Å². The van der Waals surface area contributed by atoms with Crippen molar-refractivity contribution in [3.05, 3.63) is 59.7 Å². The van der Waals surface area contributed by atoms with Gasteiger partial charge in [0.15, 0.2) is 0 Å². The molecule has 0 atom stereocenters. The maximum absolute atomic E-state index is 10.1. The number of ether oxygens (including phenoxy) is 2. The monoisotopic (exact) mass is 272 g/mol. The van der Waals surface area contributed by atoms with Crippen LogP contribution in [0.1, 0.15) is 5.56 Å². The first-order chi connectivity index (χ1) is 9.65. The van der Waals surface area contributed by atoms with Crippen LogP contribution in [0, 0.1) is 0 Å². The van der Waals surface area contributed by atoms with Crippen molar-refractivity contribution in [2.45, 2.75) is 0 Å². The zero-order valence-electron chi connectivity index (χ0n) is 11.3. The lowest BCUT2D eigenvalue weighted by atomic mass is 10.1. The number of aromatic hydroxyl groups is 1. The maximum Gasteiger partial charge on any atom is 0.137 e. The highest BCUT2D eigenvalue weighted by Crippen LogP contribution is 2.37. The Kier molecular flexibility index (Phi) is 4.15. The Morgan fingerprint density at radius 2 is 1.80 bits per heavy atom. The van der Waals surface area contributed by atoms with Gasteiger partial charge in [-0.1, -0.05) is 30.4 Å². The minimum absolute atomic E-state index is 0.0804. The number of methoxy groups -OCH3 is 2. The van der Waals surface area contributed by atoms with Crippen LogP contribution in [0.3, 0.4) is 0 Å². The first-order valence-corrected chi connectivity index (χ1v) is 6.06. The number of rotatable bonds is 4. The van der Waals surface area contributed by atoms with Crippen molar-refractivity contribution in [2.24, 2.45) is 0 Å². The molecular weight excluding hydrogens is 256 g/mol. The molecule has 1 aliphatic rings. The summed E-state index contributed by atoms with van der Waals surface area (Å²) in [5.74, 6) is 0.608. The molecule has 0 bridgehead atoms. The van der Waals surface area contributed by atoms with Gasteiger partial charge in [-0.05, 0) is 11.6 Å². The van der Waals surface area contributed by atoms with Crippen molar-refractivity contribution in [1.82, 2.24) is 0 Å². The van der Waals surface area contributed by atoms with Crippen LogP contribution < -0.4 is 9.47 Å². The quantitative estimate of drug-likeness (QED) is 0.825. The Hall–Kier alpha value is -2.62. The molecule has 0 spiro atoms. The van der Waals surface area contributed by atoms with Gasteiger partial charge in [-0.3, -0.25) is 0 Å². The van der Waals surface area contributed by atoms with Gasteiger partial charge in [-0.25, -0.2) is 0 Å². The fourth-order valence-corrected chi connectivity index (χ4v) is 1.87. The first kappa shape index (κ1) is 13.8. The molecule has 0 aromatic heterocycles. The van der Waals surface area contributed by atoms with Crippen LogP contribution in [0.5, 0.6) is 17.2 Å². The molecule has 104 valence electrons. The normalized spacial score (nSPS) is 13.7. The number of phenolic OH excluding ortho intramolecular Hbond substituents is 1. The van der Waals surface area contributed by atoms with E-state index in [1.807, 2.05) is 24.3 Å². The molecule has 0 saturated heterocycles. The minimum atomic E-state index is -0.106. The number of aliphatic hydroxyl groups excluding tert-OH is 1. The number of hydrogen-bond donors (Lipinski definition) is 2. The summed E-state index contributed by atoms with van der Waals surface area (Å²) in [5.41, 5.74) is 1.19. The van der Waals surface area contributed by atoms with Crippen molar-refractivity contribution < 1.29 is 19.7 Å². The van der Waals surface area contributed by atoms with Gasteiger partial charge in [0.1, 0.15) is 28.6 Å². The summed E-state index contributed by atoms with van der Waals surface area (Å²) in [7, 11) is 2.96. The standard InChI is InChI=1S/C16H16O4/c1-19-12-9-14(18)16(15(10-12)20-2)13(17)8-7-11-5-3-4-6-11/h3-10,17-18H,1-2H3/b13-8-. The average Bonchev–Trinajstić information content (AvgIpc) is 2.97. The Balaban J connectivity index is 2.40. The smallest absolute Gasteiger partial charge is 0.137 e. The maximum atomic E-state index is 10.1. The first-order valence-electron chi connectivity index (χ1n) is 6.06. The molecule has 0 unspecified atom stereocenters. The second-order valence-corrected chi connectivity index (χ2v) is 4.16. The number of hydrogen-bond acceptors (Lipinski definition) is 4. The molecule has 4 heteroatoms. The van der Waals surface area contributed by atoms with Crippen molar-refractivity contribution in [3.8, 4) is 17.2 Å². The van der Waals surface area contributed by atoms with Gasteiger partial charge in [-0.2, -0.15) is 0 Å². The highest BCUT2D eigenvalue weighted by atomic mass is 16.5. The molecule has 0 heterocycles. The van der Waals surface area contributed by atoms with Gasteiger partial charge in [-0.15, -0.1) is 0 Å². The van der Waals surface area contributed by atoms with Gasteiger partial charge in [0, 0.05) is 12.1 Å². The molecule has 0 amide bonds. The van der Waals surface area contributed by atoms with E-state index in [1.54, 1.807) is 12.1 Å². The predicted octanol–water partition coefficient (Wildman–Crippen LogP) is 3.36. The van der Waals surface area contributed by atoms with Gasteiger partial charge in [0.2, 0.25) is 0 Å². The van der Waals surface area contributed by atoms with Crippen LogP contribution in [0.25, 0.3) is 5.76 Å². The third-order valence-corrected chi connectivity index (χ3v) is 2.89. The Morgan fingerprint density at radius 1 is 1.10 bits per heavy atom. The van der Waals surface area contributed by atoms with Crippen molar-refractivity contribution in [1.29, 1.82) is 0 Å². The Labute approximate surface area is 117 Å². The van der Waals surface area contributed by atoms with Gasteiger partial charge in [0.05, 0.1) is 14.2 Å². The summed E-state index contributed by atoms with van der Waals surface area (Å²) in [6, 6.07) is 3.02. The molecular formula is C16H16O4. The average molecular weight is 272 g/mol. The summed E-state index contributed by atoms with van der Waals surface area (Å²) in [4.78, 5) is 0. The van der Waals surface area contributed by atoms with E-state index in [1.165, 1.54) is 26.4 Å². The molecule has 1 aliphatic carbocycles. The van der Waals surface area contributed by atoms with Crippen LogP contribution >= 0.6 is 0 Å². The second-order valence-electron chi connectivity index (χ2n) is 4.16. The summed E-state index contributed by atoms with van der Waals surface area (Å²) in [6.07, 6.45) is 10.9. The zero-order chi connectivity index (χ0) is 14.5. The van der Waals surface area contributed by atoms with E-state index in [-0.39, 0.29) is 17.1 Å². The van der Waals surface area contributed by atoms with E-state index in [4.69, 9.17) is 9.47 Å². The molecule has 0 saturated carbocycles. The van der Waals surface area contributed by atoms with Crippen molar-refractivity contribution >= 4 is 5.76 Å². The molecule has 1 aromatic carbocycles. The fourth-order valence-electron chi connectivity index (χ4n) is 1.87. The van der Waals surface area contributed by atoms with E-state index < -0.39 is 0 Å². The van der Waals surface area contributed by atoms with Crippen LogP contribution in [0.2, 0.25) is 0 Å². The lowest BCUT2D eigenvalue weighted by molar-refractivity contribution is 0.379. The van der Waals surface area contributed by atoms with Crippen LogP contribution in [-0.2, 0) is 0 Å². The zero-order valence-corrected chi connectivity index (χ0v) is 11.3. The lowest BCUT2D eigenvalue weighted by Crippen LogP contribution is -1.94. The molecule has 0 aliphatic heterocycles. The van der Waals surface area contributed by atoms with E-state index in [0.29, 0.717) is 11.5 Å². The summed E-state index contributed by atoms with van der Waals surface area (Å²) in [6.45, 7) is 0. The van der Waals surface area contributed by atoms with Gasteiger partial charge >= 0.3 is 0 Å². The third-order valence-electron chi connectivity index (χ3n) is 2.89. The van der Waals surface area contributed by atoms with Crippen LogP contribution in [0.4, 0.5) is 0 Å². The molecule has 0 radical (unpaired) electrons. The number of phenols is 1. The highest BCUT2D eigenvalue weighted by Gasteiger charge is 2.15. The Bertz CT molecular complexity index is 608. The number of aliphatic hydroxyl groups is 1. The molecule has 4 nitrogen and oxygen atoms in total. The topological polar surface area (TPSA) is 58.9 Å². The fraction of sp³-hybridized carbons (Fsp3) is 0.125. The lowest BCUT2D eigenvalue weighted by Gasteiger charge is -2.11. The summed E-state index contributed by atoms with van der Waals surface area (Å²) < 4.78 is 10.2. The highest BCUT2D eigenvalue weighted by molar-refractivity contribution is 5.73. The van der Waals surface area contributed by atoms with E-state index in [0.717, 1.165) is 5.57 Å². The summed E-state index contributed by atoms with van der Waals surface area (Å²) >= 11 is 0. The van der Waals surface area contributed by atoms with Crippen LogP contribution in [-0.4, -0.2) is 24.4 Å². The third kappa shape index (κ3) is 2.85. The number of allylic oxidation sites excluding steroid dienone is 7. The molecule has 20 heavy (non-hydrogen) atoms. The minimum Gasteiger partial charge on any atom is -0.507 e. The molecule has 2 rings (SSSR count).